The first-order chi connectivity index (χ1) is 12.6. The van der Waals surface area contributed by atoms with Crippen molar-refractivity contribution in [2.24, 2.45) is 11.7 Å². The van der Waals surface area contributed by atoms with Crippen LogP contribution in [0.15, 0.2) is 42.5 Å². The first-order valence-electron chi connectivity index (χ1n) is 9.68. The second-order valence-electron chi connectivity index (χ2n) is 7.44. The van der Waals surface area contributed by atoms with Crippen LogP contribution in [-0.4, -0.2) is 17.9 Å². The lowest BCUT2D eigenvalue weighted by molar-refractivity contribution is -0.127. The first-order valence-corrected chi connectivity index (χ1v) is 9.68. The minimum Gasteiger partial charge on any atom is -0.368 e. The average molecular weight is 352 g/mol. The number of carbonyl (C=O) groups is 2. The summed E-state index contributed by atoms with van der Waals surface area (Å²) < 4.78 is 0. The van der Waals surface area contributed by atoms with E-state index < -0.39 is 11.9 Å². The third-order valence-corrected chi connectivity index (χ3v) is 5.43. The van der Waals surface area contributed by atoms with E-state index in [1.807, 2.05) is 12.1 Å². The van der Waals surface area contributed by atoms with Crippen molar-refractivity contribution < 1.29 is 9.59 Å². The van der Waals surface area contributed by atoms with Gasteiger partial charge in [0.1, 0.15) is 6.04 Å². The largest absolute Gasteiger partial charge is 0.368 e. The SMILES string of the molecule is NC(=O)C(CC1CCCCC1)NC(=O)CCc1ccc2ccccc2c1. The Balaban J connectivity index is 1.53. The summed E-state index contributed by atoms with van der Waals surface area (Å²) in [7, 11) is 0. The van der Waals surface area contributed by atoms with Crippen LogP contribution in [0.3, 0.4) is 0 Å². The topological polar surface area (TPSA) is 72.2 Å². The number of primary amides is 1. The zero-order valence-electron chi connectivity index (χ0n) is 15.2. The Morgan fingerprint density at radius 2 is 1.77 bits per heavy atom. The molecule has 3 N–H and O–H groups in total. The summed E-state index contributed by atoms with van der Waals surface area (Å²) in [6, 6.07) is 13.9. The van der Waals surface area contributed by atoms with Gasteiger partial charge in [0, 0.05) is 6.42 Å². The number of nitrogens with one attached hydrogen (secondary N) is 1. The predicted octanol–water partition coefficient (Wildman–Crippen LogP) is 3.71. The Kier molecular flexibility index (Phi) is 6.26. The molecule has 1 aliphatic carbocycles. The smallest absolute Gasteiger partial charge is 0.240 e. The zero-order valence-corrected chi connectivity index (χ0v) is 15.2. The Bertz CT molecular complexity index is 766. The molecule has 0 bridgehead atoms. The highest BCUT2D eigenvalue weighted by Crippen LogP contribution is 2.27. The Hall–Kier alpha value is -2.36. The summed E-state index contributed by atoms with van der Waals surface area (Å²) in [5.74, 6) is -0.0190. The molecule has 4 nitrogen and oxygen atoms in total. The predicted molar refractivity (Wildman–Crippen MR) is 105 cm³/mol. The van der Waals surface area contributed by atoms with Crippen molar-refractivity contribution in [3.05, 3.63) is 48.0 Å². The number of carbonyl (C=O) groups excluding carboxylic acids is 2. The van der Waals surface area contributed by atoms with E-state index in [2.05, 4.69) is 35.6 Å². The molecule has 2 amide bonds. The molecule has 0 aromatic heterocycles. The van der Waals surface area contributed by atoms with Gasteiger partial charge in [-0.05, 0) is 35.1 Å². The third kappa shape index (κ3) is 5.07. The van der Waals surface area contributed by atoms with Crippen molar-refractivity contribution in [2.75, 3.05) is 0 Å². The van der Waals surface area contributed by atoms with Crippen molar-refractivity contribution in [1.82, 2.24) is 5.32 Å². The Morgan fingerprint density at radius 3 is 2.50 bits per heavy atom. The van der Waals surface area contributed by atoms with Crippen molar-refractivity contribution in [2.45, 2.75) is 57.4 Å². The molecular formula is C22H28N2O2. The van der Waals surface area contributed by atoms with Gasteiger partial charge in [-0.2, -0.15) is 0 Å². The highest BCUT2D eigenvalue weighted by molar-refractivity contribution is 5.87. The molecule has 2 aromatic rings. The number of nitrogens with two attached hydrogens (primary N) is 1. The van der Waals surface area contributed by atoms with Crippen LogP contribution in [0.4, 0.5) is 0 Å². The highest BCUT2D eigenvalue weighted by Gasteiger charge is 2.24. The van der Waals surface area contributed by atoms with Crippen LogP contribution in [0, 0.1) is 5.92 Å². The number of benzene rings is 2. The van der Waals surface area contributed by atoms with Crippen LogP contribution in [0.5, 0.6) is 0 Å². The maximum absolute atomic E-state index is 12.3. The summed E-state index contributed by atoms with van der Waals surface area (Å²) in [6.45, 7) is 0. The molecule has 4 heteroatoms. The van der Waals surface area contributed by atoms with E-state index in [4.69, 9.17) is 5.73 Å². The molecule has 3 rings (SSSR count). The maximum atomic E-state index is 12.3. The second-order valence-corrected chi connectivity index (χ2v) is 7.44. The molecule has 2 aromatic carbocycles. The van der Waals surface area contributed by atoms with Crippen molar-refractivity contribution in [3.8, 4) is 0 Å². The van der Waals surface area contributed by atoms with Crippen LogP contribution in [0.2, 0.25) is 0 Å². The van der Waals surface area contributed by atoms with Crippen LogP contribution >= 0.6 is 0 Å². The van der Waals surface area contributed by atoms with E-state index in [1.165, 1.54) is 30.0 Å². The van der Waals surface area contributed by atoms with E-state index in [9.17, 15) is 9.59 Å². The molecule has 1 saturated carbocycles. The number of aryl methyl sites for hydroxylation is 1. The van der Waals surface area contributed by atoms with Gasteiger partial charge >= 0.3 is 0 Å². The standard InChI is InChI=1S/C22H28N2O2/c23-22(26)20(15-16-6-2-1-3-7-16)24-21(25)13-11-17-10-12-18-8-4-5-9-19(18)14-17/h4-5,8-10,12,14,16,20H,1-3,6-7,11,13,15H2,(H2,23,26)(H,24,25). The van der Waals surface area contributed by atoms with Gasteiger partial charge in [0.05, 0.1) is 0 Å². The first kappa shape index (κ1) is 18.4. The lowest BCUT2D eigenvalue weighted by Gasteiger charge is -2.25. The van der Waals surface area contributed by atoms with Crippen LogP contribution in [-0.2, 0) is 16.0 Å². The number of fused-ring (bicyclic) bond motifs is 1. The number of rotatable bonds is 7. The molecule has 1 fully saturated rings. The molecule has 1 unspecified atom stereocenters. The number of hydrogen-bond donors (Lipinski definition) is 2. The molecule has 0 radical (unpaired) electrons. The van der Waals surface area contributed by atoms with Crippen molar-refractivity contribution in [3.63, 3.8) is 0 Å². The van der Waals surface area contributed by atoms with Crippen LogP contribution in [0.1, 0.15) is 50.5 Å². The van der Waals surface area contributed by atoms with Gasteiger partial charge in [-0.3, -0.25) is 9.59 Å². The lowest BCUT2D eigenvalue weighted by atomic mass is 9.84. The summed E-state index contributed by atoms with van der Waals surface area (Å²) in [5, 5.41) is 5.23. The molecule has 1 aliphatic rings. The summed E-state index contributed by atoms with van der Waals surface area (Å²) in [4.78, 5) is 24.1. The lowest BCUT2D eigenvalue weighted by Crippen LogP contribution is -2.45. The second kappa shape index (κ2) is 8.84. The third-order valence-electron chi connectivity index (χ3n) is 5.43. The van der Waals surface area contributed by atoms with Gasteiger partial charge < -0.3 is 11.1 Å². The van der Waals surface area contributed by atoms with Crippen molar-refractivity contribution >= 4 is 22.6 Å². The van der Waals surface area contributed by atoms with Gasteiger partial charge in [0.15, 0.2) is 0 Å². The van der Waals surface area contributed by atoms with Gasteiger partial charge in [0.2, 0.25) is 11.8 Å². The molecule has 0 spiro atoms. The van der Waals surface area contributed by atoms with Gasteiger partial charge in [-0.15, -0.1) is 0 Å². The van der Waals surface area contributed by atoms with E-state index in [1.54, 1.807) is 0 Å². The summed E-state index contributed by atoms with van der Waals surface area (Å²) in [6.07, 6.45) is 7.68. The van der Waals surface area contributed by atoms with E-state index in [-0.39, 0.29) is 5.91 Å². The molecule has 0 aliphatic heterocycles. The fourth-order valence-corrected chi connectivity index (χ4v) is 3.92. The van der Waals surface area contributed by atoms with E-state index >= 15 is 0 Å². The van der Waals surface area contributed by atoms with Crippen LogP contribution < -0.4 is 11.1 Å². The van der Waals surface area contributed by atoms with Crippen molar-refractivity contribution in [1.29, 1.82) is 0 Å². The molecule has 0 heterocycles. The maximum Gasteiger partial charge on any atom is 0.240 e. The molecule has 0 saturated heterocycles. The summed E-state index contributed by atoms with van der Waals surface area (Å²) >= 11 is 0. The fourth-order valence-electron chi connectivity index (χ4n) is 3.92. The molecule has 26 heavy (non-hydrogen) atoms. The Morgan fingerprint density at radius 1 is 1.04 bits per heavy atom. The highest BCUT2D eigenvalue weighted by atomic mass is 16.2. The fraction of sp³-hybridized carbons (Fsp3) is 0.455. The normalized spacial score (nSPS) is 16.3. The molecular weight excluding hydrogens is 324 g/mol. The molecule has 1 atom stereocenters. The minimum absolute atomic E-state index is 0.0993. The molecule has 138 valence electrons. The van der Waals surface area contributed by atoms with E-state index in [0.717, 1.165) is 18.4 Å². The van der Waals surface area contributed by atoms with Gasteiger partial charge in [-0.1, -0.05) is 74.6 Å². The quantitative estimate of drug-likeness (QED) is 0.797. The monoisotopic (exact) mass is 352 g/mol. The van der Waals surface area contributed by atoms with E-state index in [0.29, 0.717) is 25.2 Å². The number of hydrogen-bond acceptors (Lipinski definition) is 2. The van der Waals surface area contributed by atoms with Gasteiger partial charge in [0.25, 0.3) is 0 Å². The average Bonchev–Trinajstić information content (AvgIpc) is 2.66. The van der Waals surface area contributed by atoms with Crippen LogP contribution in [0.25, 0.3) is 10.8 Å². The Labute approximate surface area is 155 Å². The van der Waals surface area contributed by atoms with Gasteiger partial charge in [-0.25, -0.2) is 0 Å². The number of amides is 2. The zero-order chi connectivity index (χ0) is 18.4. The summed E-state index contributed by atoms with van der Waals surface area (Å²) in [5.41, 5.74) is 6.64. The minimum atomic E-state index is -0.540.